The van der Waals surface area contributed by atoms with Crippen LogP contribution >= 0.6 is 0 Å². The van der Waals surface area contributed by atoms with E-state index in [1.807, 2.05) is 0 Å². The number of halogens is 2. The minimum Gasteiger partial charge on any atom is -0.486 e. The maximum atomic E-state index is 13.8. The third-order valence-corrected chi connectivity index (χ3v) is 2.86. The van der Waals surface area contributed by atoms with E-state index in [0.717, 1.165) is 0 Å². The molecule has 7 heteroatoms. The number of esters is 1. The van der Waals surface area contributed by atoms with Crippen molar-refractivity contribution >= 4 is 5.97 Å². The molecule has 0 spiro atoms. The second-order valence-electron chi connectivity index (χ2n) is 4.22. The highest BCUT2D eigenvalue weighted by atomic mass is 19.3. The van der Waals surface area contributed by atoms with Crippen LogP contribution < -0.4 is 15.2 Å². The molecule has 1 heterocycles. The van der Waals surface area contributed by atoms with Crippen LogP contribution in [0.25, 0.3) is 0 Å². The van der Waals surface area contributed by atoms with E-state index in [0.29, 0.717) is 24.7 Å². The highest BCUT2D eigenvalue weighted by Gasteiger charge is 2.48. The lowest BCUT2D eigenvalue weighted by molar-refractivity contribution is -0.174. The highest BCUT2D eigenvalue weighted by molar-refractivity contribution is 5.79. The van der Waals surface area contributed by atoms with Crippen molar-refractivity contribution in [1.29, 1.82) is 0 Å². The molecule has 2 rings (SSSR count). The van der Waals surface area contributed by atoms with Gasteiger partial charge in [0.05, 0.1) is 6.61 Å². The summed E-state index contributed by atoms with van der Waals surface area (Å²) in [5, 5.41) is 0. The molecule has 0 saturated carbocycles. The number of carbonyl (C=O) groups is 1. The van der Waals surface area contributed by atoms with Crippen molar-refractivity contribution in [3.05, 3.63) is 23.8 Å². The van der Waals surface area contributed by atoms with Gasteiger partial charge in [0.2, 0.25) is 0 Å². The summed E-state index contributed by atoms with van der Waals surface area (Å²) in [6.07, 6.45) is 0. The van der Waals surface area contributed by atoms with Crippen molar-refractivity contribution in [2.24, 2.45) is 5.73 Å². The Morgan fingerprint density at radius 2 is 2.05 bits per heavy atom. The predicted octanol–water partition coefficient (Wildman–Crippen LogP) is 1.66. The minimum absolute atomic E-state index is 0.0762. The van der Waals surface area contributed by atoms with Crippen molar-refractivity contribution in [2.75, 3.05) is 19.8 Å². The first kappa shape index (κ1) is 14.5. The minimum atomic E-state index is -3.81. The number of hydrogen-bond donors (Lipinski definition) is 1. The molecule has 1 aliphatic heterocycles. The van der Waals surface area contributed by atoms with Gasteiger partial charge in [-0.15, -0.1) is 0 Å². The third-order valence-electron chi connectivity index (χ3n) is 2.86. The molecule has 0 fully saturated rings. The fourth-order valence-electron chi connectivity index (χ4n) is 1.82. The molecule has 1 atom stereocenters. The second-order valence-corrected chi connectivity index (χ2v) is 4.22. The first-order valence-corrected chi connectivity index (χ1v) is 6.17. The average molecular weight is 287 g/mol. The fourth-order valence-corrected chi connectivity index (χ4v) is 1.82. The van der Waals surface area contributed by atoms with Gasteiger partial charge in [0, 0.05) is 0 Å². The van der Waals surface area contributed by atoms with Gasteiger partial charge in [-0.3, -0.25) is 0 Å². The van der Waals surface area contributed by atoms with Crippen LogP contribution in [0.4, 0.5) is 8.78 Å². The first-order chi connectivity index (χ1) is 9.46. The lowest BCUT2D eigenvalue weighted by Gasteiger charge is -2.24. The van der Waals surface area contributed by atoms with Gasteiger partial charge in [0.25, 0.3) is 0 Å². The molecule has 0 aromatic heterocycles. The standard InChI is InChI=1S/C13H15F2NO4/c1-2-18-12(17)13(14,15)11(16)8-3-4-9-10(7-8)20-6-5-19-9/h3-4,7,11H,2,5-6,16H2,1H3/t11-/m1/s1. The molecule has 1 aromatic carbocycles. The fraction of sp³-hybridized carbons (Fsp3) is 0.462. The van der Waals surface area contributed by atoms with E-state index in [-0.39, 0.29) is 12.2 Å². The highest BCUT2D eigenvalue weighted by Crippen LogP contribution is 2.36. The first-order valence-electron chi connectivity index (χ1n) is 6.17. The van der Waals surface area contributed by atoms with Crippen LogP contribution in [0.3, 0.4) is 0 Å². The molecule has 1 aliphatic rings. The van der Waals surface area contributed by atoms with Crippen LogP contribution in [0.5, 0.6) is 11.5 Å². The molecule has 1 aromatic rings. The Balaban J connectivity index is 2.24. The molecule has 110 valence electrons. The molecule has 20 heavy (non-hydrogen) atoms. The summed E-state index contributed by atoms with van der Waals surface area (Å²) in [4.78, 5) is 11.3. The van der Waals surface area contributed by atoms with Crippen molar-refractivity contribution in [2.45, 2.75) is 18.9 Å². The van der Waals surface area contributed by atoms with Crippen molar-refractivity contribution in [3.63, 3.8) is 0 Å². The number of fused-ring (bicyclic) bond motifs is 1. The molecule has 0 saturated heterocycles. The van der Waals surface area contributed by atoms with Crippen molar-refractivity contribution in [3.8, 4) is 11.5 Å². The van der Waals surface area contributed by atoms with Crippen LogP contribution in [0, 0.1) is 0 Å². The van der Waals surface area contributed by atoms with Crippen LogP contribution in [0.2, 0.25) is 0 Å². The lowest BCUT2D eigenvalue weighted by atomic mass is 10.0. The van der Waals surface area contributed by atoms with Crippen molar-refractivity contribution in [1.82, 2.24) is 0 Å². The Bertz CT molecular complexity index is 507. The van der Waals surface area contributed by atoms with Gasteiger partial charge in [0.15, 0.2) is 11.5 Å². The van der Waals surface area contributed by atoms with Gasteiger partial charge in [0.1, 0.15) is 19.3 Å². The Morgan fingerprint density at radius 3 is 2.70 bits per heavy atom. The summed E-state index contributed by atoms with van der Waals surface area (Å²) in [7, 11) is 0. The van der Waals surface area contributed by atoms with Gasteiger partial charge in [-0.1, -0.05) is 6.07 Å². The molecular formula is C13H15F2NO4. The molecule has 0 radical (unpaired) electrons. The topological polar surface area (TPSA) is 70.8 Å². The quantitative estimate of drug-likeness (QED) is 0.853. The summed E-state index contributed by atoms with van der Waals surface area (Å²) in [5.74, 6) is -4.64. The maximum absolute atomic E-state index is 13.8. The zero-order valence-electron chi connectivity index (χ0n) is 10.9. The second kappa shape index (κ2) is 5.62. The van der Waals surface area contributed by atoms with Crippen LogP contribution in [-0.4, -0.2) is 31.7 Å². The Morgan fingerprint density at radius 1 is 1.40 bits per heavy atom. The Hall–Kier alpha value is -1.89. The van der Waals surface area contributed by atoms with Gasteiger partial charge in [-0.05, 0) is 24.6 Å². The van der Waals surface area contributed by atoms with Gasteiger partial charge in [-0.25, -0.2) is 4.79 Å². The van der Waals surface area contributed by atoms with Crippen LogP contribution in [-0.2, 0) is 9.53 Å². The van der Waals surface area contributed by atoms with Crippen LogP contribution in [0.1, 0.15) is 18.5 Å². The summed E-state index contributed by atoms with van der Waals surface area (Å²) in [6, 6.07) is 2.42. The monoisotopic (exact) mass is 287 g/mol. The van der Waals surface area contributed by atoms with Crippen molar-refractivity contribution < 1.29 is 27.8 Å². The summed E-state index contributed by atoms with van der Waals surface area (Å²) >= 11 is 0. The number of benzene rings is 1. The molecule has 2 N–H and O–H groups in total. The molecule has 0 unspecified atom stereocenters. The zero-order chi connectivity index (χ0) is 14.8. The third kappa shape index (κ3) is 2.67. The van der Waals surface area contributed by atoms with E-state index >= 15 is 0 Å². The molecule has 0 bridgehead atoms. The largest absolute Gasteiger partial charge is 0.486 e. The summed E-state index contributed by atoms with van der Waals surface area (Å²) < 4.78 is 42.6. The Labute approximate surface area is 114 Å². The molecule has 0 amide bonds. The SMILES string of the molecule is CCOC(=O)C(F)(F)[C@H](N)c1ccc2c(c1)OCCO2. The molecular weight excluding hydrogens is 272 g/mol. The maximum Gasteiger partial charge on any atom is 0.379 e. The predicted molar refractivity (Wildman–Crippen MR) is 65.9 cm³/mol. The molecule has 0 aliphatic carbocycles. The normalized spacial score (nSPS) is 15.6. The van der Waals surface area contributed by atoms with Gasteiger partial charge in [-0.2, -0.15) is 8.78 Å². The number of ether oxygens (including phenoxy) is 3. The summed E-state index contributed by atoms with van der Waals surface area (Å²) in [5.41, 5.74) is 5.57. The average Bonchev–Trinajstić information content (AvgIpc) is 2.46. The van der Waals surface area contributed by atoms with E-state index in [1.165, 1.54) is 25.1 Å². The van der Waals surface area contributed by atoms with Gasteiger partial charge < -0.3 is 19.9 Å². The number of nitrogens with two attached hydrogens (primary N) is 1. The van der Waals surface area contributed by atoms with E-state index in [9.17, 15) is 13.6 Å². The van der Waals surface area contributed by atoms with E-state index in [4.69, 9.17) is 15.2 Å². The van der Waals surface area contributed by atoms with Gasteiger partial charge >= 0.3 is 11.9 Å². The Kier molecular flexibility index (Phi) is 4.08. The number of carbonyl (C=O) groups excluding carboxylic acids is 1. The molecule has 5 nitrogen and oxygen atoms in total. The number of rotatable bonds is 4. The summed E-state index contributed by atoms with van der Waals surface area (Å²) in [6.45, 7) is 2.04. The number of alkyl halides is 2. The lowest BCUT2D eigenvalue weighted by Crippen LogP contribution is -2.41. The number of hydrogen-bond acceptors (Lipinski definition) is 5. The van der Waals surface area contributed by atoms with E-state index in [1.54, 1.807) is 0 Å². The smallest absolute Gasteiger partial charge is 0.379 e. The van der Waals surface area contributed by atoms with E-state index in [2.05, 4.69) is 4.74 Å². The van der Waals surface area contributed by atoms with E-state index < -0.39 is 17.9 Å². The zero-order valence-corrected chi connectivity index (χ0v) is 10.9. The van der Waals surface area contributed by atoms with Crippen LogP contribution in [0.15, 0.2) is 18.2 Å².